The zero-order valence-electron chi connectivity index (χ0n) is 11.8. The zero-order chi connectivity index (χ0) is 13.8. The van der Waals surface area contributed by atoms with Crippen LogP contribution in [-0.2, 0) is 5.33 Å². The van der Waals surface area contributed by atoms with Crippen LogP contribution in [0.3, 0.4) is 0 Å². The molecule has 2 rings (SSSR count). The maximum Gasteiger partial charge on any atom is 0.146 e. The summed E-state index contributed by atoms with van der Waals surface area (Å²) in [6.45, 7) is 6.55. The van der Waals surface area contributed by atoms with Gasteiger partial charge >= 0.3 is 0 Å². The van der Waals surface area contributed by atoms with Gasteiger partial charge in [-0.15, -0.1) is 0 Å². The molecule has 0 bridgehead atoms. The summed E-state index contributed by atoms with van der Waals surface area (Å²) in [5, 5.41) is 0.708. The average Bonchev–Trinajstić information content (AvgIpc) is 2.64. The van der Waals surface area contributed by atoms with Crippen molar-refractivity contribution in [2.75, 3.05) is 18.0 Å². The Morgan fingerprint density at radius 3 is 2.74 bits per heavy atom. The lowest BCUT2D eigenvalue weighted by Crippen LogP contribution is -2.25. The highest BCUT2D eigenvalue weighted by Crippen LogP contribution is 2.29. The first-order valence-corrected chi connectivity index (χ1v) is 8.33. The maximum absolute atomic E-state index is 14.1. The minimum atomic E-state index is -0.0834. The second-order valence-corrected chi connectivity index (χ2v) is 6.40. The monoisotopic (exact) mass is 327 g/mol. The Kier molecular flexibility index (Phi) is 5.26. The largest absolute Gasteiger partial charge is 0.369 e. The molecule has 19 heavy (non-hydrogen) atoms. The third-order valence-electron chi connectivity index (χ3n) is 4.22. The summed E-state index contributed by atoms with van der Waals surface area (Å²) in [5.74, 6) is 1.44. The number of alkyl halides is 1. The van der Waals surface area contributed by atoms with Crippen molar-refractivity contribution in [3.05, 3.63) is 29.6 Å². The van der Waals surface area contributed by atoms with E-state index in [1.54, 1.807) is 6.07 Å². The molecule has 0 spiro atoms. The van der Waals surface area contributed by atoms with Crippen molar-refractivity contribution in [3.8, 4) is 0 Å². The predicted octanol–water partition coefficient (Wildman–Crippen LogP) is 4.98. The fourth-order valence-corrected chi connectivity index (χ4v) is 3.27. The number of anilines is 1. The lowest BCUT2D eigenvalue weighted by atomic mass is 9.89. The molecule has 1 aliphatic rings. The first-order valence-electron chi connectivity index (χ1n) is 7.21. The summed E-state index contributed by atoms with van der Waals surface area (Å²) < 4.78 is 14.1. The van der Waals surface area contributed by atoms with Crippen molar-refractivity contribution in [3.63, 3.8) is 0 Å². The summed E-state index contributed by atoms with van der Waals surface area (Å²) in [6.07, 6.45) is 3.62. The quantitative estimate of drug-likeness (QED) is 0.707. The number of benzene rings is 1. The standard InChI is InChI=1S/C16H23BrFN/c1-12(2)14-4-3-8-19(9-7-14)16-6-5-13(11-17)10-15(16)18/h5-6,10,12,14H,3-4,7-9,11H2,1-2H3. The van der Waals surface area contributed by atoms with Crippen molar-refractivity contribution in [1.82, 2.24) is 0 Å². The van der Waals surface area contributed by atoms with E-state index in [0.29, 0.717) is 5.33 Å². The van der Waals surface area contributed by atoms with Gasteiger partial charge in [-0.05, 0) is 48.8 Å². The van der Waals surface area contributed by atoms with Crippen LogP contribution in [0.5, 0.6) is 0 Å². The van der Waals surface area contributed by atoms with Crippen LogP contribution >= 0.6 is 15.9 Å². The first kappa shape index (κ1) is 14.8. The molecule has 106 valence electrons. The van der Waals surface area contributed by atoms with Gasteiger partial charge in [0.05, 0.1) is 5.69 Å². The Hall–Kier alpha value is -0.570. The van der Waals surface area contributed by atoms with E-state index < -0.39 is 0 Å². The molecule has 1 aromatic carbocycles. The summed E-state index contributed by atoms with van der Waals surface area (Å²) in [4.78, 5) is 2.22. The van der Waals surface area contributed by atoms with Gasteiger partial charge in [-0.1, -0.05) is 35.8 Å². The van der Waals surface area contributed by atoms with Gasteiger partial charge < -0.3 is 4.90 Å². The van der Waals surface area contributed by atoms with Gasteiger partial charge in [0.15, 0.2) is 0 Å². The minimum absolute atomic E-state index is 0.0834. The molecule has 0 saturated carbocycles. The molecule has 3 heteroatoms. The van der Waals surface area contributed by atoms with Crippen LogP contribution in [0.15, 0.2) is 18.2 Å². The third-order valence-corrected chi connectivity index (χ3v) is 4.87. The Balaban J connectivity index is 2.10. The van der Waals surface area contributed by atoms with Gasteiger partial charge in [0.2, 0.25) is 0 Å². The Labute approximate surface area is 124 Å². The molecular formula is C16H23BrFN. The van der Waals surface area contributed by atoms with Crippen LogP contribution in [0.4, 0.5) is 10.1 Å². The third kappa shape index (κ3) is 3.71. The second kappa shape index (κ2) is 6.74. The van der Waals surface area contributed by atoms with E-state index in [1.165, 1.54) is 19.3 Å². The van der Waals surface area contributed by atoms with Gasteiger partial charge in [-0.3, -0.25) is 0 Å². The Bertz CT molecular complexity index is 419. The summed E-state index contributed by atoms with van der Waals surface area (Å²) >= 11 is 3.37. The molecule has 1 nitrogen and oxygen atoms in total. The van der Waals surface area contributed by atoms with Crippen LogP contribution in [0.1, 0.15) is 38.7 Å². The number of hydrogen-bond acceptors (Lipinski definition) is 1. The highest BCUT2D eigenvalue weighted by Gasteiger charge is 2.21. The van der Waals surface area contributed by atoms with Crippen LogP contribution in [0.25, 0.3) is 0 Å². The molecule has 0 aromatic heterocycles. The fraction of sp³-hybridized carbons (Fsp3) is 0.625. The van der Waals surface area contributed by atoms with E-state index in [0.717, 1.165) is 36.2 Å². The average molecular weight is 328 g/mol. The van der Waals surface area contributed by atoms with E-state index in [4.69, 9.17) is 0 Å². The van der Waals surface area contributed by atoms with Gasteiger partial charge in [0.25, 0.3) is 0 Å². The van der Waals surface area contributed by atoms with Crippen molar-refractivity contribution in [1.29, 1.82) is 0 Å². The van der Waals surface area contributed by atoms with Crippen LogP contribution in [0.2, 0.25) is 0 Å². The topological polar surface area (TPSA) is 3.24 Å². The molecule has 1 unspecified atom stereocenters. The molecular weight excluding hydrogens is 305 g/mol. The van der Waals surface area contributed by atoms with Crippen molar-refractivity contribution in [2.45, 2.75) is 38.4 Å². The summed E-state index contributed by atoms with van der Waals surface area (Å²) in [7, 11) is 0. The van der Waals surface area contributed by atoms with E-state index in [1.807, 2.05) is 12.1 Å². The first-order chi connectivity index (χ1) is 9.11. The van der Waals surface area contributed by atoms with Gasteiger partial charge in [-0.2, -0.15) is 0 Å². The van der Waals surface area contributed by atoms with Crippen LogP contribution in [0, 0.1) is 17.7 Å². The van der Waals surface area contributed by atoms with E-state index in [9.17, 15) is 4.39 Å². The van der Waals surface area contributed by atoms with Gasteiger partial charge in [-0.25, -0.2) is 4.39 Å². The lowest BCUT2D eigenvalue weighted by molar-refractivity contribution is 0.351. The Morgan fingerprint density at radius 2 is 2.11 bits per heavy atom. The van der Waals surface area contributed by atoms with Gasteiger partial charge in [0, 0.05) is 18.4 Å². The SMILES string of the molecule is CC(C)C1CCCN(c2ccc(CBr)cc2F)CC1. The van der Waals surface area contributed by atoms with Crippen LogP contribution < -0.4 is 4.90 Å². The van der Waals surface area contributed by atoms with Crippen molar-refractivity contribution >= 4 is 21.6 Å². The van der Waals surface area contributed by atoms with E-state index in [-0.39, 0.29) is 5.82 Å². The maximum atomic E-state index is 14.1. The summed E-state index contributed by atoms with van der Waals surface area (Å²) in [6, 6.07) is 5.59. The second-order valence-electron chi connectivity index (χ2n) is 5.84. The molecule has 1 aliphatic heterocycles. The predicted molar refractivity (Wildman–Crippen MR) is 83.4 cm³/mol. The smallest absolute Gasteiger partial charge is 0.146 e. The van der Waals surface area contributed by atoms with E-state index in [2.05, 4.69) is 34.7 Å². The fourth-order valence-electron chi connectivity index (χ4n) is 2.92. The molecule has 1 saturated heterocycles. The zero-order valence-corrected chi connectivity index (χ0v) is 13.4. The van der Waals surface area contributed by atoms with E-state index >= 15 is 0 Å². The van der Waals surface area contributed by atoms with Gasteiger partial charge in [0.1, 0.15) is 5.82 Å². The van der Waals surface area contributed by atoms with Crippen molar-refractivity contribution in [2.24, 2.45) is 11.8 Å². The lowest BCUT2D eigenvalue weighted by Gasteiger charge is -2.24. The van der Waals surface area contributed by atoms with Crippen LogP contribution in [-0.4, -0.2) is 13.1 Å². The molecule has 1 aromatic rings. The highest BCUT2D eigenvalue weighted by atomic mass is 79.9. The molecule has 0 N–H and O–H groups in total. The number of rotatable bonds is 3. The molecule has 0 radical (unpaired) electrons. The highest BCUT2D eigenvalue weighted by molar-refractivity contribution is 9.08. The van der Waals surface area contributed by atoms with Crippen molar-refractivity contribution < 1.29 is 4.39 Å². The molecule has 1 atom stereocenters. The molecule has 0 amide bonds. The number of halogens is 2. The minimum Gasteiger partial charge on any atom is -0.369 e. The Morgan fingerprint density at radius 1 is 1.32 bits per heavy atom. The summed E-state index contributed by atoms with van der Waals surface area (Å²) in [5.41, 5.74) is 1.77. The normalized spacial score (nSPS) is 20.7. The molecule has 1 heterocycles. The number of hydrogen-bond donors (Lipinski definition) is 0. The molecule has 0 aliphatic carbocycles. The number of nitrogens with zero attached hydrogens (tertiary/aromatic N) is 1. The molecule has 1 fully saturated rings.